The van der Waals surface area contributed by atoms with Gasteiger partial charge in [0.25, 0.3) is 0 Å². The fourth-order valence-electron chi connectivity index (χ4n) is 3.38. The van der Waals surface area contributed by atoms with Gasteiger partial charge in [-0.15, -0.1) is 0 Å². The minimum atomic E-state index is -0.544. The molecule has 0 aromatic rings. The standard InChI is InChI=1S/C14H18N2O2/c1-13-7-5-10(12(18)15(13)3)14(2)8-6-9(13)11(17)16(14)4/h5-10H,1-4H3/t9-,10-,13+,14+/m1/s1. The van der Waals surface area contributed by atoms with Gasteiger partial charge in [-0.25, -0.2) is 0 Å². The van der Waals surface area contributed by atoms with Crippen LogP contribution in [0.15, 0.2) is 24.3 Å². The van der Waals surface area contributed by atoms with Crippen molar-refractivity contribution >= 4 is 11.8 Å². The minimum absolute atomic E-state index is 0.0937. The summed E-state index contributed by atoms with van der Waals surface area (Å²) in [6, 6.07) is 0. The molecule has 6 rings (SSSR count). The lowest BCUT2D eigenvalue weighted by atomic mass is 9.67. The zero-order chi connectivity index (χ0) is 13.3. The van der Waals surface area contributed by atoms with E-state index in [4.69, 9.17) is 0 Å². The normalized spacial score (nSPS) is 45.8. The average molecular weight is 246 g/mol. The summed E-state index contributed by atoms with van der Waals surface area (Å²) in [5, 5.41) is 0. The van der Waals surface area contributed by atoms with Crippen LogP contribution >= 0.6 is 0 Å². The molecule has 18 heavy (non-hydrogen) atoms. The lowest BCUT2D eigenvalue weighted by Crippen LogP contribution is -2.69. The van der Waals surface area contributed by atoms with Gasteiger partial charge in [-0.3, -0.25) is 9.59 Å². The highest BCUT2D eigenvalue weighted by molar-refractivity contribution is 5.93. The van der Waals surface area contributed by atoms with E-state index < -0.39 is 11.1 Å². The van der Waals surface area contributed by atoms with Gasteiger partial charge in [-0.05, 0) is 13.8 Å². The molecule has 0 saturated carbocycles. The Morgan fingerprint density at radius 3 is 1.56 bits per heavy atom. The van der Waals surface area contributed by atoms with Crippen molar-refractivity contribution in [2.45, 2.75) is 24.9 Å². The molecule has 1 saturated heterocycles. The molecule has 2 amide bonds. The highest BCUT2D eigenvalue weighted by atomic mass is 16.2. The van der Waals surface area contributed by atoms with Gasteiger partial charge >= 0.3 is 0 Å². The van der Waals surface area contributed by atoms with Crippen LogP contribution in [0.2, 0.25) is 0 Å². The van der Waals surface area contributed by atoms with E-state index in [1.165, 1.54) is 0 Å². The summed E-state index contributed by atoms with van der Waals surface area (Å²) in [5.74, 6) is -0.392. The maximum atomic E-state index is 12.5. The number of amides is 2. The molecule has 0 aromatic heterocycles. The van der Waals surface area contributed by atoms with Crippen LogP contribution in [0.5, 0.6) is 0 Å². The van der Waals surface area contributed by atoms with Gasteiger partial charge < -0.3 is 9.80 Å². The predicted molar refractivity (Wildman–Crippen MR) is 67.6 cm³/mol. The third-order valence-electron chi connectivity index (χ3n) is 5.15. The molecule has 4 nitrogen and oxygen atoms in total. The van der Waals surface area contributed by atoms with E-state index in [2.05, 4.69) is 0 Å². The summed E-state index contributed by atoms with van der Waals surface area (Å²) in [5.41, 5.74) is -1.09. The van der Waals surface area contributed by atoms with Gasteiger partial charge in [0.2, 0.25) is 11.8 Å². The first kappa shape index (κ1) is 11.5. The summed E-state index contributed by atoms with van der Waals surface area (Å²) in [7, 11) is 3.59. The van der Waals surface area contributed by atoms with Crippen LogP contribution < -0.4 is 0 Å². The highest BCUT2D eigenvalue weighted by Gasteiger charge is 2.57. The number of rotatable bonds is 0. The Kier molecular flexibility index (Phi) is 1.95. The third kappa shape index (κ3) is 1.02. The molecule has 0 aromatic carbocycles. The zero-order valence-electron chi connectivity index (χ0n) is 11.2. The molecule has 1 fully saturated rings. The smallest absolute Gasteiger partial charge is 0.232 e. The second-order valence-corrected chi connectivity index (χ2v) is 5.92. The third-order valence-corrected chi connectivity index (χ3v) is 5.15. The topological polar surface area (TPSA) is 40.6 Å². The number of carbonyl (C=O) groups is 2. The van der Waals surface area contributed by atoms with Crippen molar-refractivity contribution in [1.29, 1.82) is 0 Å². The molecule has 4 atom stereocenters. The fourth-order valence-corrected chi connectivity index (χ4v) is 3.38. The monoisotopic (exact) mass is 246 g/mol. The van der Waals surface area contributed by atoms with Crippen LogP contribution in [-0.2, 0) is 9.59 Å². The summed E-state index contributed by atoms with van der Waals surface area (Å²) in [4.78, 5) is 28.5. The fraction of sp³-hybridized carbons (Fsp3) is 0.571. The highest BCUT2D eigenvalue weighted by Crippen LogP contribution is 2.45. The summed E-state index contributed by atoms with van der Waals surface area (Å²) in [6.07, 6.45) is 8.00. The molecule has 4 heteroatoms. The molecule has 0 unspecified atom stereocenters. The summed E-state index contributed by atoms with van der Waals surface area (Å²) < 4.78 is 0. The van der Waals surface area contributed by atoms with Crippen LogP contribution in [0.4, 0.5) is 0 Å². The van der Waals surface area contributed by atoms with E-state index in [0.29, 0.717) is 0 Å². The van der Waals surface area contributed by atoms with Gasteiger partial charge in [-0.2, -0.15) is 0 Å². The van der Waals surface area contributed by atoms with Gasteiger partial charge in [0.1, 0.15) is 0 Å². The lowest BCUT2D eigenvalue weighted by Gasteiger charge is -2.56. The Balaban J connectivity index is 2.30. The van der Waals surface area contributed by atoms with Crippen molar-refractivity contribution in [3.63, 3.8) is 0 Å². The SMILES string of the molecule is CN1C(=O)[C@H]2C=C[C@@]1(C)[C@@H]1C=C[C@]2(C)N(C)C1=O. The Hall–Kier alpha value is -1.58. The molecular weight excluding hydrogens is 228 g/mol. The van der Waals surface area contributed by atoms with Gasteiger partial charge in [-0.1, -0.05) is 24.3 Å². The molecule has 4 bridgehead atoms. The lowest BCUT2D eigenvalue weighted by molar-refractivity contribution is -0.157. The summed E-state index contributed by atoms with van der Waals surface area (Å²) in [6.45, 7) is 3.90. The molecular formula is C14H18N2O2. The molecule has 0 radical (unpaired) electrons. The van der Waals surface area contributed by atoms with E-state index in [1.54, 1.807) is 23.9 Å². The first-order chi connectivity index (χ1) is 8.32. The largest absolute Gasteiger partial charge is 0.335 e. The molecule has 96 valence electrons. The first-order valence-corrected chi connectivity index (χ1v) is 6.26. The Labute approximate surface area is 107 Å². The van der Waals surface area contributed by atoms with Crippen LogP contribution in [0.1, 0.15) is 13.8 Å². The second-order valence-electron chi connectivity index (χ2n) is 5.92. The van der Waals surface area contributed by atoms with E-state index in [9.17, 15) is 9.59 Å². The molecule has 0 N–H and O–H groups in total. The average Bonchev–Trinajstić information content (AvgIpc) is 2.32. The maximum Gasteiger partial charge on any atom is 0.232 e. The minimum Gasteiger partial charge on any atom is -0.335 e. The first-order valence-electron chi connectivity index (χ1n) is 6.26. The number of likely N-dealkylation sites (N-methyl/N-ethyl adjacent to an activating group) is 2. The molecule has 5 heterocycles. The Morgan fingerprint density at radius 1 is 0.889 bits per heavy atom. The van der Waals surface area contributed by atoms with Crippen LogP contribution in [0, 0.1) is 11.8 Å². The van der Waals surface area contributed by atoms with Crippen molar-refractivity contribution in [3.8, 4) is 0 Å². The quantitative estimate of drug-likeness (QED) is 0.593. The van der Waals surface area contributed by atoms with Crippen molar-refractivity contribution in [3.05, 3.63) is 24.3 Å². The molecule has 6 aliphatic rings. The van der Waals surface area contributed by atoms with Crippen molar-refractivity contribution < 1.29 is 9.59 Å². The maximum absolute atomic E-state index is 12.5. The van der Waals surface area contributed by atoms with Crippen molar-refractivity contribution in [2.24, 2.45) is 11.8 Å². The number of hydrogen-bond donors (Lipinski definition) is 0. The molecule has 5 aliphatic heterocycles. The predicted octanol–water partition coefficient (Wildman–Crippen LogP) is 0.806. The molecule has 0 spiro atoms. The van der Waals surface area contributed by atoms with E-state index in [0.717, 1.165) is 0 Å². The van der Waals surface area contributed by atoms with Crippen LogP contribution in [0.3, 0.4) is 0 Å². The zero-order valence-corrected chi connectivity index (χ0v) is 11.2. The van der Waals surface area contributed by atoms with E-state index in [-0.39, 0.29) is 23.7 Å². The number of hydrogen-bond acceptors (Lipinski definition) is 2. The van der Waals surface area contributed by atoms with Crippen LogP contribution in [0.25, 0.3) is 0 Å². The van der Waals surface area contributed by atoms with E-state index in [1.807, 2.05) is 38.2 Å². The van der Waals surface area contributed by atoms with Crippen molar-refractivity contribution in [1.82, 2.24) is 9.80 Å². The van der Waals surface area contributed by atoms with Gasteiger partial charge in [0, 0.05) is 14.1 Å². The van der Waals surface area contributed by atoms with Gasteiger partial charge in [0.15, 0.2) is 0 Å². The van der Waals surface area contributed by atoms with Crippen LogP contribution in [-0.4, -0.2) is 46.8 Å². The Bertz CT molecular complexity index is 464. The number of carbonyl (C=O) groups excluding carboxylic acids is 2. The molecule has 1 aliphatic carbocycles. The van der Waals surface area contributed by atoms with E-state index >= 15 is 0 Å². The second kappa shape index (κ2) is 3.05. The summed E-state index contributed by atoms with van der Waals surface area (Å²) >= 11 is 0. The van der Waals surface area contributed by atoms with Gasteiger partial charge in [0.05, 0.1) is 22.9 Å². The number of nitrogens with zero attached hydrogens (tertiary/aromatic N) is 2. The Morgan fingerprint density at radius 2 is 1.22 bits per heavy atom. The van der Waals surface area contributed by atoms with Crippen molar-refractivity contribution in [2.75, 3.05) is 14.1 Å².